The second-order valence-corrected chi connectivity index (χ2v) is 4.56. The Morgan fingerprint density at radius 3 is 2.53 bits per heavy atom. The highest BCUT2D eigenvalue weighted by molar-refractivity contribution is 5.84. The van der Waals surface area contributed by atoms with Gasteiger partial charge in [-0.15, -0.1) is 0 Å². The third-order valence-corrected chi connectivity index (χ3v) is 3.37. The number of amides is 2. The SMILES string of the molecule is COC(=O)C1CC(O)CN1C(=O)N1CCCC1. The molecule has 2 heterocycles. The molecule has 2 aliphatic heterocycles. The predicted molar refractivity (Wildman–Crippen MR) is 59.3 cm³/mol. The number of hydrogen-bond acceptors (Lipinski definition) is 4. The minimum atomic E-state index is -0.636. The van der Waals surface area contributed by atoms with E-state index in [1.807, 2.05) is 0 Å². The van der Waals surface area contributed by atoms with Gasteiger partial charge < -0.3 is 19.6 Å². The van der Waals surface area contributed by atoms with Crippen molar-refractivity contribution < 1.29 is 19.4 Å². The number of β-amino-alcohol motifs (C(OH)–C–C–N with tert-alkyl or cyclic N) is 1. The Bertz CT molecular complexity index is 315. The van der Waals surface area contributed by atoms with Gasteiger partial charge in [0.1, 0.15) is 6.04 Å². The summed E-state index contributed by atoms with van der Waals surface area (Å²) in [6.45, 7) is 1.69. The average molecular weight is 242 g/mol. The maximum absolute atomic E-state index is 12.2. The predicted octanol–water partition coefficient (Wildman–Crippen LogP) is -0.190. The highest BCUT2D eigenvalue weighted by Crippen LogP contribution is 2.22. The molecule has 6 heteroatoms. The van der Waals surface area contributed by atoms with E-state index in [2.05, 4.69) is 4.74 Å². The highest BCUT2D eigenvalue weighted by Gasteiger charge is 2.41. The Morgan fingerprint density at radius 1 is 1.29 bits per heavy atom. The molecule has 2 atom stereocenters. The van der Waals surface area contributed by atoms with Gasteiger partial charge in [-0.3, -0.25) is 0 Å². The maximum atomic E-state index is 12.2. The lowest BCUT2D eigenvalue weighted by Crippen LogP contribution is -2.47. The summed E-state index contributed by atoms with van der Waals surface area (Å²) in [5, 5.41) is 9.59. The number of nitrogens with zero attached hydrogens (tertiary/aromatic N) is 2. The topological polar surface area (TPSA) is 70.1 Å². The van der Waals surface area contributed by atoms with Crippen molar-refractivity contribution in [3.8, 4) is 0 Å². The molecule has 0 saturated carbocycles. The van der Waals surface area contributed by atoms with Gasteiger partial charge in [0.15, 0.2) is 0 Å². The average Bonchev–Trinajstić information content (AvgIpc) is 2.95. The van der Waals surface area contributed by atoms with Gasteiger partial charge >= 0.3 is 12.0 Å². The van der Waals surface area contributed by atoms with Crippen LogP contribution < -0.4 is 0 Å². The number of rotatable bonds is 1. The molecule has 0 bridgehead atoms. The molecule has 0 spiro atoms. The smallest absolute Gasteiger partial charge is 0.328 e. The van der Waals surface area contributed by atoms with Crippen LogP contribution in [0.15, 0.2) is 0 Å². The third-order valence-electron chi connectivity index (χ3n) is 3.37. The van der Waals surface area contributed by atoms with E-state index in [0.29, 0.717) is 0 Å². The molecule has 2 aliphatic rings. The summed E-state index contributed by atoms with van der Waals surface area (Å²) in [7, 11) is 1.30. The number of aliphatic hydroxyl groups is 1. The van der Waals surface area contributed by atoms with Crippen molar-refractivity contribution in [2.24, 2.45) is 0 Å². The number of urea groups is 1. The molecule has 96 valence electrons. The summed E-state index contributed by atoms with van der Waals surface area (Å²) in [6, 6.07) is -0.794. The first kappa shape index (κ1) is 12.2. The largest absolute Gasteiger partial charge is 0.467 e. The molecule has 2 amide bonds. The first-order chi connectivity index (χ1) is 8.13. The van der Waals surface area contributed by atoms with Crippen LogP contribution in [-0.2, 0) is 9.53 Å². The van der Waals surface area contributed by atoms with Gasteiger partial charge in [0, 0.05) is 26.1 Å². The summed E-state index contributed by atoms with van der Waals surface area (Å²) in [4.78, 5) is 26.9. The molecule has 0 radical (unpaired) electrons. The molecular weight excluding hydrogens is 224 g/mol. The van der Waals surface area contributed by atoms with Gasteiger partial charge in [-0.25, -0.2) is 9.59 Å². The number of aliphatic hydroxyl groups excluding tert-OH is 1. The van der Waals surface area contributed by atoms with Crippen LogP contribution >= 0.6 is 0 Å². The summed E-state index contributed by atoms with van der Waals surface area (Å²) < 4.78 is 4.66. The van der Waals surface area contributed by atoms with E-state index in [9.17, 15) is 14.7 Å². The summed E-state index contributed by atoms with van der Waals surface area (Å²) >= 11 is 0. The van der Waals surface area contributed by atoms with Crippen LogP contribution in [0.4, 0.5) is 4.79 Å². The normalized spacial score (nSPS) is 28.6. The molecule has 2 saturated heterocycles. The fourth-order valence-corrected chi connectivity index (χ4v) is 2.47. The van der Waals surface area contributed by atoms with E-state index < -0.39 is 18.1 Å². The zero-order valence-electron chi connectivity index (χ0n) is 9.96. The summed E-state index contributed by atoms with van der Waals surface area (Å²) in [6.07, 6.45) is 1.65. The molecule has 2 unspecified atom stereocenters. The van der Waals surface area contributed by atoms with E-state index in [-0.39, 0.29) is 19.0 Å². The molecule has 2 fully saturated rings. The van der Waals surface area contributed by atoms with E-state index in [4.69, 9.17) is 0 Å². The second-order valence-electron chi connectivity index (χ2n) is 4.56. The highest BCUT2D eigenvalue weighted by atomic mass is 16.5. The number of hydrogen-bond donors (Lipinski definition) is 1. The molecule has 6 nitrogen and oxygen atoms in total. The van der Waals surface area contributed by atoms with Crippen LogP contribution in [-0.4, -0.2) is 65.8 Å². The van der Waals surface area contributed by atoms with E-state index >= 15 is 0 Å². The lowest BCUT2D eigenvalue weighted by molar-refractivity contribution is -0.145. The zero-order chi connectivity index (χ0) is 12.4. The Morgan fingerprint density at radius 2 is 1.94 bits per heavy atom. The van der Waals surface area contributed by atoms with Crippen LogP contribution in [0.25, 0.3) is 0 Å². The van der Waals surface area contributed by atoms with Crippen LogP contribution in [0.3, 0.4) is 0 Å². The molecule has 0 aliphatic carbocycles. The van der Waals surface area contributed by atoms with Gasteiger partial charge in [0.25, 0.3) is 0 Å². The molecule has 0 aromatic rings. The number of likely N-dealkylation sites (tertiary alicyclic amines) is 2. The Labute approximate surface area is 100 Å². The number of methoxy groups -OCH3 is 1. The van der Waals surface area contributed by atoms with Crippen LogP contribution in [0.5, 0.6) is 0 Å². The summed E-state index contributed by atoms with van der Waals surface area (Å²) in [5.41, 5.74) is 0. The van der Waals surface area contributed by atoms with Crippen LogP contribution in [0, 0.1) is 0 Å². The molecule has 2 rings (SSSR count). The van der Waals surface area contributed by atoms with E-state index in [1.54, 1.807) is 4.90 Å². The third kappa shape index (κ3) is 2.36. The molecule has 1 N–H and O–H groups in total. The van der Waals surface area contributed by atoms with Gasteiger partial charge in [-0.1, -0.05) is 0 Å². The molecule has 17 heavy (non-hydrogen) atoms. The van der Waals surface area contributed by atoms with Crippen LogP contribution in [0.1, 0.15) is 19.3 Å². The minimum Gasteiger partial charge on any atom is -0.467 e. The van der Waals surface area contributed by atoms with E-state index in [1.165, 1.54) is 12.0 Å². The van der Waals surface area contributed by atoms with Crippen molar-refractivity contribution in [3.05, 3.63) is 0 Å². The Kier molecular flexibility index (Phi) is 3.51. The van der Waals surface area contributed by atoms with Crippen LogP contribution in [0.2, 0.25) is 0 Å². The number of ether oxygens (including phenoxy) is 1. The minimum absolute atomic E-state index is 0.158. The molecule has 0 aromatic carbocycles. The Hall–Kier alpha value is -1.30. The number of carbonyl (C=O) groups is 2. The van der Waals surface area contributed by atoms with Gasteiger partial charge in [0.05, 0.1) is 13.2 Å². The maximum Gasteiger partial charge on any atom is 0.328 e. The van der Waals surface area contributed by atoms with Crippen molar-refractivity contribution in [1.82, 2.24) is 9.80 Å². The molecular formula is C11H18N2O4. The van der Waals surface area contributed by atoms with Crippen molar-refractivity contribution in [2.75, 3.05) is 26.7 Å². The van der Waals surface area contributed by atoms with Crippen molar-refractivity contribution in [3.63, 3.8) is 0 Å². The fraction of sp³-hybridized carbons (Fsp3) is 0.818. The Balaban J connectivity index is 2.06. The lowest BCUT2D eigenvalue weighted by atomic mass is 10.2. The lowest BCUT2D eigenvalue weighted by Gasteiger charge is -2.27. The van der Waals surface area contributed by atoms with Crippen molar-refractivity contribution in [1.29, 1.82) is 0 Å². The van der Waals surface area contributed by atoms with Crippen molar-refractivity contribution in [2.45, 2.75) is 31.4 Å². The van der Waals surface area contributed by atoms with Gasteiger partial charge in [0.2, 0.25) is 0 Å². The van der Waals surface area contributed by atoms with Gasteiger partial charge in [-0.2, -0.15) is 0 Å². The fourth-order valence-electron chi connectivity index (χ4n) is 2.47. The quantitative estimate of drug-likeness (QED) is 0.647. The first-order valence-electron chi connectivity index (χ1n) is 5.95. The van der Waals surface area contributed by atoms with Gasteiger partial charge in [-0.05, 0) is 12.8 Å². The van der Waals surface area contributed by atoms with E-state index in [0.717, 1.165) is 25.9 Å². The monoisotopic (exact) mass is 242 g/mol. The van der Waals surface area contributed by atoms with Crippen molar-refractivity contribution >= 4 is 12.0 Å². The first-order valence-corrected chi connectivity index (χ1v) is 5.95. The number of carbonyl (C=O) groups excluding carboxylic acids is 2. The zero-order valence-corrected chi connectivity index (χ0v) is 9.96. The molecule has 0 aromatic heterocycles. The summed E-state index contributed by atoms with van der Waals surface area (Å²) in [5.74, 6) is -0.450. The standard InChI is InChI=1S/C11H18N2O4/c1-17-10(15)9-6-8(14)7-13(9)11(16)12-4-2-3-5-12/h8-9,14H,2-7H2,1H3. The number of esters is 1. The second kappa shape index (κ2) is 4.91.